The molecule has 3 rings (SSSR count). The molecule has 124 valence electrons. The molecule has 2 atom stereocenters. The van der Waals surface area contributed by atoms with Gasteiger partial charge in [-0.25, -0.2) is 0 Å². The first-order chi connectivity index (χ1) is 11.1. The molecule has 0 N–H and O–H groups in total. The number of likely N-dealkylation sites (tertiary alicyclic amines) is 1. The highest BCUT2D eigenvalue weighted by atomic mass is 35.5. The predicted molar refractivity (Wildman–Crippen MR) is 91.6 cm³/mol. The fourth-order valence-electron chi connectivity index (χ4n) is 3.73. The molecule has 1 aromatic rings. The Morgan fingerprint density at radius 2 is 2.09 bits per heavy atom. The van der Waals surface area contributed by atoms with Gasteiger partial charge in [-0.05, 0) is 37.8 Å². The SMILES string of the molecule is CCC1CCCCN1C(=O)C1CC(=O)N(c2ccccc2Cl)C1. The van der Waals surface area contributed by atoms with Gasteiger partial charge >= 0.3 is 0 Å². The van der Waals surface area contributed by atoms with Crippen LogP contribution in [0.2, 0.25) is 5.02 Å². The molecule has 0 spiro atoms. The van der Waals surface area contributed by atoms with Crippen molar-refractivity contribution in [3.63, 3.8) is 0 Å². The third kappa shape index (κ3) is 3.23. The Balaban J connectivity index is 1.74. The Labute approximate surface area is 142 Å². The average Bonchev–Trinajstić information content (AvgIpc) is 2.96. The van der Waals surface area contributed by atoms with E-state index in [-0.39, 0.29) is 24.2 Å². The fraction of sp³-hybridized carbons (Fsp3) is 0.556. The Kier molecular flexibility index (Phi) is 4.90. The summed E-state index contributed by atoms with van der Waals surface area (Å²) in [6.45, 7) is 3.40. The summed E-state index contributed by atoms with van der Waals surface area (Å²) in [5.74, 6) is -0.119. The zero-order chi connectivity index (χ0) is 16.4. The number of nitrogens with zero attached hydrogens (tertiary/aromatic N) is 2. The van der Waals surface area contributed by atoms with Crippen LogP contribution in [-0.2, 0) is 9.59 Å². The summed E-state index contributed by atoms with van der Waals surface area (Å²) in [7, 11) is 0. The van der Waals surface area contributed by atoms with E-state index in [1.54, 1.807) is 11.0 Å². The van der Waals surface area contributed by atoms with Crippen LogP contribution in [0.4, 0.5) is 5.69 Å². The van der Waals surface area contributed by atoms with E-state index in [1.807, 2.05) is 23.1 Å². The van der Waals surface area contributed by atoms with Crippen molar-refractivity contribution in [1.82, 2.24) is 4.90 Å². The van der Waals surface area contributed by atoms with Crippen LogP contribution < -0.4 is 4.90 Å². The molecule has 0 aliphatic carbocycles. The Bertz CT molecular complexity index is 604. The van der Waals surface area contributed by atoms with Gasteiger partial charge in [0.05, 0.1) is 16.6 Å². The molecule has 5 heteroatoms. The van der Waals surface area contributed by atoms with Gasteiger partial charge < -0.3 is 9.80 Å². The van der Waals surface area contributed by atoms with Crippen LogP contribution in [0, 0.1) is 5.92 Å². The van der Waals surface area contributed by atoms with Crippen LogP contribution in [0.5, 0.6) is 0 Å². The lowest BCUT2D eigenvalue weighted by Gasteiger charge is -2.36. The maximum atomic E-state index is 12.9. The van der Waals surface area contributed by atoms with Crippen molar-refractivity contribution in [3.8, 4) is 0 Å². The first-order valence-corrected chi connectivity index (χ1v) is 8.85. The van der Waals surface area contributed by atoms with Crippen LogP contribution in [-0.4, -0.2) is 35.8 Å². The summed E-state index contributed by atoms with van der Waals surface area (Å²) in [4.78, 5) is 28.9. The number of para-hydroxylation sites is 1. The van der Waals surface area contributed by atoms with Crippen LogP contribution in [0.3, 0.4) is 0 Å². The molecular formula is C18H23ClN2O2. The number of anilines is 1. The number of carbonyl (C=O) groups is 2. The molecule has 23 heavy (non-hydrogen) atoms. The number of halogens is 1. The van der Waals surface area contributed by atoms with Crippen molar-refractivity contribution in [2.24, 2.45) is 5.92 Å². The van der Waals surface area contributed by atoms with Gasteiger partial charge in [0.2, 0.25) is 11.8 Å². The highest BCUT2D eigenvalue weighted by Gasteiger charge is 2.39. The first-order valence-electron chi connectivity index (χ1n) is 8.47. The van der Waals surface area contributed by atoms with E-state index >= 15 is 0 Å². The number of hydrogen-bond acceptors (Lipinski definition) is 2. The first kappa shape index (κ1) is 16.3. The Morgan fingerprint density at radius 1 is 1.30 bits per heavy atom. The number of hydrogen-bond donors (Lipinski definition) is 0. The molecule has 2 saturated heterocycles. The van der Waals surface area contributed by atoms with E-state index < -0.39 is 0 Å². The van der Waals surface area contributed by atoms with Crippen LogP contribution >= 0.6 is 11.6 Å². The van der Waals surface area contributed by atoms with E-state index in [9.17, 15) is 9.59 Å². The van der Waals surface area contributed by atoms with Crippen LogP contribution in [0.1, 0.15) is 39.0 Å². The highest BCUT2D eigenvalue weighted by Crippen LogP contribution is 2.32. The van der Waals surface area contributed by atoms with E-state index in [1.165, 1.54) is 6.42 Å². The van der Waals surface area contributed by atoms with Crippen LogP contribution in [0.25, 0.3) is 0 Å². The van der Waals surface area contributed by atoms with Gasteiger partial charge in [0.1, 0.15) is 0 Å². The van der Waals surface area contributed by atoms with E-state index in [4.69, 9.17) is 11.6 Å². The molecule has 4 nitrogen and oxygen atoms in total. The maximum absolute atomic E-state index is 12.9. The average molecular weight is 335 g/mol. The third-order valence-electron chi connectivity index (χ3n) is 5.00. The predicted octanol–water partition coefficient (Wildman–Crippen LogP) is 3.48. The summed E-state index contributed by atoms with van der Waals surface area (Å²) in [5.41, 5.74) is 0.708. The number of benzene rings is 1. The molecular weight excluding hydrogens is 312 g/mol. The summed E-state index contributed by atoms with van der Waals surface area (Å²) >= 11 is 6.20. The fourth-order valence-corrected chi connectivity index (χ4v) is 3.96. The van der Waals surface area contributed by atoms with Crippen molar-refractivity contribution in [3.05, 3.63) is 29.3 Å². The summed E-state index contributed by atoms with van der Waals surface area (Å²) in [6, 6.07) is 7.65. The van der Waals surface area contributed by atoms with Gasteiger partial charge in [-0.1, -0.05) is 30.7 Å². The molecule has 0 radical (unpaired) electrons. The van der Waals surface area contributed by atoms with Gasteiger partial charge in [0, 0.05) is 25.6 Å². The zero-order valence-corrected chi connectivity index (χ0v) is 14.3. The lowest BCUT2D eigenvalue weighted by molar-refractivity contribution is -0.139. The standard InChI is InChI=1S/C18H23ClN2O2/c1-2-14-7-5-6-10-20(14)18(23)13-11-17(22)21(12-13)16-9-4-3-8-15(16)19/h3-4,8-9,13-14H,2,5-7,10-12H2,1H3. The monoisotopic (exact) mass is 334 g/mol. The maximum Gasteiger partial charge on any atom is 0.228 e. The van der Waals surface area contributed by atoms with Gasteiger partial charge in [0.15, 0.2) is 0 Å². The molecule has 2 heterocycles. The number of rotatable bonds is 3. The molecule has 0 bridgehead atoms. The van der Waals surface area contributed by atoms with Gasteiger partial charge in [-0.2, -0.15) is 0 Å². The Morgan fingerprint density at radius 3 is 2.83 bits per heavy atom. The molecule has 2 aliphatic heterocycles. The molecule has 2 aliphatic rings. The molecule has 2 fully saturated rings. The third-order valence-corrected chi connectivity index (χ3v) is 5.32. The van der Waals surface area contributed by atoms with E-state index in [2.05, 4.69) is 6.92 Å². The largest absolute Gasteiger partial charge is 0.339 e. The van der Waals surface area contributed by atoms with Gasteiger partial charge in [-0.15, -0.1) is 0 Å². The van der Waals surface area contributed by atoms with Crippen molar-refractivity contribution >= 4 is 29.1 Å². The highest BCUT2D eigenvalue weighted by molar-refractivity contribution is 6.33. The minimum absolute atomic E-state index is 0.0125. The number of carbonyl (C=O) groups excluding carboxylic acids is 2. The zero-order valence-electron chi connectivity index (χ0n) is 13.5. The van der Waals surface area contributed by atoms with Crippen molar-refractivity contribution in [1.29, 1.82) is 0 Å². The molecule has 0 aromatic heterocycles. The minimum Gasteiger partial charge on any atom is -0.339 e. The summed E-state index contributed by atoms with van der Waals surface area (Å²) < 4.78 is 0. The Hall–Kier alpha value is -1.55. The quantitative estimate of drug-likeness (QED) is 0.849. The molecule has 2 amide bonds. The van der Waals surface area contributed by atoms with Crippen molar-refractivity contribution in [2.45, 2.75) is 45.1 Å². The smallest absolute Gasteiger partial charge is 0.228 e. The minimum atomic E-state index is -0.245. The van der Waals surface area contributed by atoms with Crippen molar-refractivity contribution in [2.75, 3.05) is 18.0 Å². The second kappa shape index (κ2) is 6.91. The molecule has 0 saturated carbocycles. The molecule has 2 unspecified atom stereocenters. The number of piperidine rings is 1. The lowest BCUT2D eigenvalue weighted by atomic mass is 9.97. The lowest BCUT2D eigenvalue weighted by Crippen LogP contribution is -2.46. The van der Waals surface area contributed by atoms with E-state index in [0.29, 0.717) is 23.3 Å². The second-order valence-corrected chi connectivity index (χ2v) is 6.85. The topological polar surface area (TPSA) is 40.6 Å². The second-order valence-electron chi connectivity index (χ2n) is 6.45. The van der Waals surface area contributed by atoms with Gasteiger partial charge in [0.25, 0.3) is 0 Å². The number of amides is 2. The summed E-state index contributed by atoms with van der Waals surface area (Å²) in [5, 5.41) is 0.554. The molecule has 1 aromatic carbocycles. The normalized spacial score (nSPS) is 25.0. The van der Waals surface area contributed by atoms with Gasteiger partial charge in [-0.3, -0.25) is 9.59 Å². The van der Waals surface area contributed by atoms with Crippen LogP contribution in [0.15, 0.2) is 24.3 Å². The summed E-state index contributed by atoms with van der Waals surface area (Å²) in [6.07, 6.45) is 4.61. The van der Waals surface area contributed by atoms with E-state index in [0.717, 1.165) is 25.8 Å². The van der Waals surface area contributed by atoms with Crippen molar-refractivity contribution < 1.29 is 9.59 Å².